The molecule has 3 aromatic carbocycles. The number of hydrogen-bond acceptors (Lipinski definition) is 2. The van der Waals surface area contributed by atoms with Crippen molar-refractivity contribution in [3.05, 3.63) is 161 Å². The Morgan fingerprint density at radius 3 is 1.58 bits per heavy atom. The van der Waals surface area contributed by atoms with Gasteiger partial charge in [-0.3, -0.25) is 0 Å². The summed E-state index contributed by atoms with van der Waals surface area (Å²) in [5, 5.41) is 0. The first kappa shape index (κ1) is 32.3. The molecule has 3 aromatic rings. The van der Waals surface area contributed by atoms with Gasteiger partial charge in [-0.05, 0) is 114 Å². The Labute approximate surface area is 289 Å². The van der Waals surface area contributed by atoms with Crippen LogP contribution in [0.5, 0.6) is 0 Å². The van der Waals surface area contributed by atoms with Gasteiger partial charge in [-0.25, -0.2) is 0 Å². The fourth-order valence-electron chi connectivity index (χ4n) is 8.47. The van der Waals surface area contributed by atoms with E-state index < -0.39 is 0 Å². The minimum absolute atomic E-state index is 0.152. The third-order valence-corrected chi connectivity index (χ3v) is 11.3. The number of rotatable bonds is 8. The number of benzene rings is 3. The highest BCUT2D eigenvalue weighted by Gasteiger charge is 2.40. The number of hydrogen-bond donors (Lipinski definition) is 0. The molecule has 4 aliphatic carbocycles. The lowest BCUT2D eigenvalue weighted by molar-refractivity contribution is 0.285. The van der Waals surface area contributed by atoms with E-state index in [0.29, 0.717) is 12.1 Å². The predicted octanol–water partition coefficient (Wildman–Crippen LogP) is 12.3. The van der Waals surface area contributed by atoms with Crippen molar-refractivity contribution in [1.82, 2.24) is 0 Å². The van der Waals surface area contributed by atoms with Gasteiger partial charge in [-0.2, -0.15) is 0 Å². The zero-order valence-electron chi connectivity index (χ0n) is 29.5. The number of aryl methyl sites for hydroxylation is 3. The predicted molar refractivity (Wildman–Crippen MR) is 206 cm³/mol. The number of nitrogens with zero attached hydrogens (tertiary/aromatic N) is 2. The van der Waals surface area contributed by atoms with E-state index in [0.717, 1.165) is 25.7 Å². The summed E-state index contributed by atoms with van der Waals surface area (Å²) in [6.07, 6.45) is 30.5. The van der Waals surface area contributed by atoms with Gasteiger partial charge < -0.3 is 9.80 Å². The summed E-state index contributed by atoms with van der Waals surface area (Å²) in [7, 11) is 0. The Kier molecular flexibility index (Phi) is 9.44. The minimum atomic E-state index is 0.152. The first-order valence-corrected chi connectivity index (χ1v) is 18.3. The van der Waals surface area contributed by atoms with E-state index in [4.69, 9.17) is 0 Å². The molecule has 48 heavy (non-hydrogen) atoms. The quantitative estimate of drug-likeness (QED) is 0.244. The standard InChI is InChI=1S/C46H52N2/c1-34-8-20-40(21-9-34)47(41-22-10-35(2)11-23-41)44-28-16-38(17-29-44)46(32-6-5-7-33-46)39-18-30-45(31-19-39)48(42-24-12-36(3)13-25-42)43-26-14-37(4)15-27-43/h8-18,20-22,24-28,30,41,44H,5-7,19,23,29,31-33H2,1-4H3. The molecule has 0 spiro atoms. The largest absolute Gasteiger partial charge is 0.358 e. The normalized spacial score (nSPS) is 21.9. The topological polar surface area (TPSA) is 6.48 Å². The average Bonchev–Trinajstić information content (AvgIpc) is 3.13. The minimum Gasteiger partial charge on any atom is -0.358 e. The van der Waals surface area contributed by atoms with Crippen LogP contribution < -0.4 is 9.80 Å². The van der Waals surface area contributed by atoms with E-state index >= 15 is 0 Å². The average molecular weight is 633 g/mol. The molecular formula is C46H52N2. The summed E-state index contributed by atoms with van der Waals surface area (Å²) < 4.78 is 0. The van der Waals surface area contributed by atoms with Gasteiger partial charge in [0.2, 0.25) is 0 Å². The van der Waals surface area contributed by atoms with Crippen molar-refractivity contribution >= 4 is 17.1 Å². The third kappa shape index (κ3) is 6.68. The molecule has 0 aromatic heterocycles. The van der Waals surface area contributed by atoms with Crippen molar-refractivity contribution in [3.63, 3.8) is 0 Å². The maximum absolute atomic E-state index is 2.66. The maximum atomic E-state index is 2.66. The van der Waals surface area contributed by atoms with Crippen molar-refractivity contribution in [2.24, 2.45) is 5.41 Å². The van der Waals surface area contributed by atoms with E-state index in [1.54, 1.807) is 11.1 Å². The molecule has 0 radical (unpaired) electrons. The summed E-state index contributed by atoms with van der Waals surface area (Å²) in [5.74, 6) is 0. The van der Waals surface area contributed by atoms with Crippen LogP contribution in [0.3, 0.4) is 0 Å². The van der Waals surface area contributed by atoms with Crippen LogP contribution in [0.25, 0.3) is 0 Å². The molecule has 0 amide bonds. The molecule has 2 unspecified atom stereocenters. The fourth-order valence-corrected chi connectivity index (χ4v) is 8.47. The van der Waals surface area contributed by atoms with Gasteiger partial charge in [-0.1, -0.05) is 126 Å². The molecule has 1 saturated carbocycles. The highest BCUT2D eigenvalue weighted by atomic mass is 15.2. The van der Waals surface area contributed by atoms with Gasteiger partial charge in [0.1, 0.15) is 0 Å². The Balaban J connectivity index is 1.18. The summed E-state index contributed by atoms with van der Waals surface area (Å²) in [5.41, 5.74) is 13.8. The van der Waals surface area contributed by atoms with E-state index in [1.165, 1.54) is 77.1 Å². The van der Waals surface area contributed by atoms with E-state index in [-0.39, 0.29) is 5.41 Å². The Bertz CT molecular complexity index is 1720. The second kappa shape index (κ2) is 14.0. The molecule has 1 fully saturated rings. The van der Waals surface area contributed by atoms with Crippen molar-refractivity contribution in [2.75, 3.05) is 9.80 Å². The molecule has 4 aliphatic rings. The Morgan fingerprint density at radius 2 is 1.10 bits per heavy atom. The summed E-state index contributed by atoms with van der Waals surface area (Å²) in [4.78, 5) is 5.13. The smallest absolute Gasteiger partial charge is 0.0517 e. The fraction of sp³-hybridized carbons (Fsp3) is 0.348. The van der Waals surface area contributed by atoms with Crippen molar-refractivity contribution in [3.8, 4) is 0 Å². The van der Waals surface area contributed by atoms with Gasteiger partial charge in [0, 0.05) is 28.2 Å². The molecule has 0 bridgehead atoms. The summed E-state index contributed by atoms with van der Waals surface area (Å²) in [6, 6.07) is 27.9. The SMILES string of the molecule is CC1=CCC(N(c2ccc(C)cc2)C2C=CC(C3(C4=CC=C(N(c5ccc(C)cc5)c5ccc(C)cc5)CC4)CCCCC3)=CC2)C=C1. The highest BCUT2D eigenvalue weighted by molar-refractivity contribution is 5.69. The molecule has 2 heteroatoms. The van der Waals surface area contributed by atoms with Crippen LogP contribution in [-0.2, 0) is 0 Å². The van der Waals surface area contributed by atoms with Gasteiger partial charge in [-0.15, -0.1) is 0 Å². The lowest BCUT2D eigenvalue weighted by atomic mass is 9.62. The van der Waals surface area contributed by atoms with Crippen molar-refractivity contribution in [1.29, 1.82) is 0 Å². The van der Waals surface area contributed by atoms with E-state index in [9.17, 15) is 0 Å². The molecular weight excluding hydrogens is 581 g/mol. The first-order chi connectivity index (χ1) is 23.4. The van der Waals surface area contributed by atoms with Crippen LogP contribution in [0.1, 0.15) is 81.4 Å². The highest BCUT2D eigenvalue weighted by Crippen LogP contribution is 2.52. The first-order valence-electron chi connectivity index (χ1n) is 18.3. The van der Waals surface area contributed by atoms with Gasteiger partial charge in [0.15, 0.2) is 0 Å². The second-order valence-electron chi connectivity index (χ2n) is 14.7. The molecule has 0 aliphatic heterocycles. The van der Waals surface area contributed by atoms with Crippen LogP contribution in [0.15, 0.2) is 144 Å². The maximum Gasteiger partial charge on any atom is 0.0517 e. The molecule has 0 saturated heterocycles. The van der Waals surface area contributed by atoms with Crippen LogP contribution in [-0.4, -0.2) is 12.1 Å². The van der Waals surface area contributed by atoms with Crippen molar-refractivity contribution in [2.45, 2.75) is 97.6 Å². The summed E-state index contributed by atoms with van der Waals surface area (Å²) in [6.45, 7) is 8.73. The van der Waals surface area contributed by atoms with Crippen LogP contribution in [0.4, 0.5) is 17.1 Å². The van der Waals surface area contributed by atoms with E-state index in [1.807, 2.05) is 0 Å². The zero-order chi connectivity index (χ0) is 33.1. The Morgan fingerprint density at radius 1 is 0.562 bits per heavy atom. The van der Waals surface area contributed by atoms with Gasteiger partial charge >= 0.3 is 0 Å². The molecule has 2 atom stereocenters. The van der Waals surface area contributed by atoms with Crippen LogP contribution >= 0.6 is 0 Å². The third-order valence-electron chi connectivity index (χ3n) is 11.3. The van der Waals surface area contributed by atoms with Crippen molar-refractivity contribution < 1.29 is 0 Å². The van der Waals surface area contributed by atoms with Crippen LogP contribution in [0.2, 0.25) is 0 Å². The van der Waals surface area contributed by atoms with Gasteiger partial charge in [0.25, 0.3) is 0 Å². The lowest BCUT2D eigenvalue weighted by Crippen LogP contribution is -2.43. The number of anilines is 3. The molecule has 2 nitrogen and oxygen atoms in total. The van der Waals surface area contributed by atoms with E-state index in [2.05, 4.69) is 159 Å². The number of allylic oxidation sites excluding steroid dienone is 8. The molecule has 0 N–H and O–H groups in total. The monoisotopic (exact) mass is 632 g/mol. The van der Waals surface area contributed by atoms with Crippen LogP contribution in [0, 0.1) is 26.2 Å². The Hall–Kier alpha value is -4.30. The lowest BCUT2D eigenvalue weighted by Gasteiger charge is -2.45. The zero-order valence-corrected chi connectivity index (χ0v) is 29.5. The molecule has 7 rings (SSSR count). The second-order valence-corrected chi connectivity index (χ2v) is 14.7. The molecule has 0 heterocycles. The summed E-state index contributed by atoms with van der Waals surface area (Å²) >= 11 is 0. The molecule has 246 valence electrons. The van der Waals surface area contributed by atoms with Gasteiger partial charge in [0.05, 0.1) is 12.1 Å².